The number of aromatic amines is 1. The van der Waals surface area contributed by atoms with Gasteiger partial charge in [-0.25, -0.2) is 4.39 Å². The lowest BCUT2D eigenvalue weighted by Gasteiger charge is -2.16. The summed E-state index contributed by atoms with van der Waals surface area (Å²) in [7, 11) is 0. The molecule has 2 heterocycles. The van der Waals surface area contributed by atoms with Crippen LogP contribution in [0.1, 0.15) is 11.3 Å². The highest BCUT2D eigenvalue weighted by Crippen LogP contribution is 2.30. The molecule has 0 bridgehead atoms. The van der Waals surface area contributed by atoms with Crippen molar-refractivity contribution < 1.29 is 13.9 Å². The van der Waals surface area contributed by atoms with E-state index in [2.05, 4.69) is 20.4 Å². The average molecular weight is 425 g/mol. The molecule has 1 amide bonds. The number of carbonyl (C=O) groups is 1. The molecule has 0 aliphatic carbocycles. The molecule has 28 heavy (non-hydrogen) atoms. The highest BCUT2D eigenvalue weighted by molar-refractivity contribution is 6.36. The summed E-state index contributed by atoms with van der Waals surface area (Å²) < 4.78 is 19.2. The zero-order valence-corrected chi connectivity index (χ0v) is 16.1. The summed E-state index contributed by atoms with van der Waals surface area (Å²) in [4.78, 5) is 12.8. The monoisotopic (exact) mass is 424 g/mol. The van der Waals surface area contributed by atoms with Crippen molar-refractivity contribution in [1.29, 1.82) is 0 Å². The quantitative estimate of drug-likeness (QED) is 0.443. The van der Waals surface area contributed by atoms with Crippen LogP contribution >= 0.6 is 23.2 Å². The molecule has 0 aliphatic heterocycles. The van der Waals surface area contributed by atoms with E-state index in [1.165, 1.54) is 29.3 Å². The summed E-state index contributed by atoms with van der Waals surface area (Å²) in [6, 6.07) is 4.09. The highest BCUT2D eigenvalue weighted by atomic mass is 35.5. The lowest BCUT2D eigenvalue weighted by molar-refractivity contribution is -0.106. The minimum absolute atomic E-state index is 0.0370. The van der Waals surface area contributed by atoms with Crippen molar-refractivity contribution in [2.75, 3.05) is 17.2 Å². The SMILES string of the molecule is Cc1[nH]ncc1N(C=O)c1cc(OCCc2c(Cl)ccc(F)c2Cl)c(N)nn1. The standard InChI is InChI=1S/C17H15Cl2FN6O2/c1-9-13(7-22-23-9)26(8-27)15-6-14(17(21)25-24-15)28-5-4-10-11(18)2-3-12(20)16(10)19/h2-3,6-8H,4-5H2,1H3,(H2,21,25)(H,22,23). The summed E-state index contributed by atoms with van der Waals surface area (Å²) in [5.74, 6) is -0.118. The number of nitrogens with zero attached hydrogens (tertiary/aromatic N) is 4. The van der Waals surface area contributed by atoms with Gasteiger partial charge in [-0.05, 0) is 24.6 Å². The number of benzene rings is 1. The minimum atomic E-state index is -0.564. The lowest BCUT2D eigenvalue weighted by atomic mass is 10.1. The summed E-state index contributed by atoms with van der Waals surface area (Å²) in [6.45, 7) is 1.86. The fraction of sp³-hybridized carbons (Fsp3) is 0.176. The number of carbonyl (C=O) groups excluding carboxylic acids is 1. The Labute approximate surface area is 169 Å². The molecule has 3 rings (SSSR count). The molecule has 0 atom stereocenters. The molecule has 0 radical (unpaired) electrons. The van der Waals surface area contributed by atoms with E-state index in [1.54, 1.807) is 6.92 Å². The number of aromatic nitrogens is 4. The van der Waals surface area contributed by atoms with Gasteiger partial charge in [0.25, 0.3) is 0 Å². The van der Waals surface area contributed by atoms with Gasteiger partial charge in [-0.3, -0.25) is 14.8 Å². The van der Waals surface area contributed by atoms with E-state index in [4.69, 9.17) is 33.7 Å². The van der Waals surface area contributed by atoms with Crippen LogP contribution < -0.4 is 15.4 Å². The maximum absolute atomic E-state index is 13.6. The summed E-state index contributed by atoms with van der Waals surface area (Å²) in [6.07, 6.45) is 2.30. The maximum atomic E-state index is 13.6. The number of amides is 1. The Balaban J connectivity index is 1.78. The van der Waals surface area contributed by atoms with Crippen LogP contribution in [0, 0.1) is 12.7 Å². The first-order chi connectivity index (χ1) is 13.4. The van der Waals surface area contributed by atoms with Crippen molar-refractivity contribution in [2.45, 2.75) is 13.3 Å². The fourth-order valence-corrected chi connectivity index (χ4v) is 3.05. The molecule has 8 nitrogen and oxygen atoms in total. The lowest BCUT2D eigenvalue weighted by Crippen LogP contribution is -2.17. The normalized spacial score (nSPS) is 10.7. The van der Waals surface area contributed by atoms with Crippen molar-refractivity contribution in [1.82, 2.24) is 20.4 Å². The number of ether oxygens (including phenoxy) is 1. The number of anilines is 3. The third-order valence-electron chi connectivity index (χ3n) is 3.94. The van der Waals surface area contributed by atoms with Gasteiger partial charge >= 0.3 is 0 Å². The molecule has 0 saturated carbocycles. The molecule has 1 aromatic carbocycles. The Hall–Kier alpha value is -2.91. The fourth-order valence-electron chi connectivity index (χ4n) is 2.49. The van der Waals surface area contributed by atoms with Crippen LogP contribution in [0.3, 0.4) is 0 Å². The number of nitrogen functional groups attached to an aromatic ring is 1. The van der Waals surface area contributed by atoms with Crippen LogP contribution in [0.4, 0.5) is 21.7 Å². The molecule has 0 saturated heterocycles. The topological polar surface area (TPSA) is 110 Å². The molecule has 2 aromatic heterocycles. The van der Waals surface area contributed by atoms with Gasteiger partial charge in [-0.15, -0.1) is 10.2 Å². The van der Waals surface area contributed by atoms with E-state index in [1.807, 2.05) is 0 Å². The first kappa shape index (κ1) is 19.8. The zero-order chi connectivity index (χ0) is 20.3. The second-order valence-corrected chi connectivity index (χ2v) is 6.51. The Bertz CT molecular complexity index is 1010. The first-order valence-electron chi connectivity index (χ1n) is 8.05. The van der Waals surface area contributed by atoms with Crippen LogP contribution in [0.25, 0.3) is 0 Å². The number of halogens is 3. The molecule has 3 aromatic rings. The molecule has 11 heteroatoms. The third-order valence-corrected chi connectivity index (χ3v) is 4.70. The van der Waals surface area contributed by atoms with Gasteiger partial charge < -0.3 is 10.5 Å². The van der Waals surface area contributed by atoms with Crippen LogP contribution in [0.5, 0.6) is 5.75 Å². The van der Waals surface area contributed by atoms with Crippen LogP contribution in [-0.4, -0.2) is 33.4 Å². The van der Waals surface area contributed by atoms with Gasteiger partial charge in [0, 0.05) is 17.5 Å². The summed E-state index contributed by atoms with van der Waals surface area (Å²) in [5.41, 5.74) is 7.41. The van der Waals surface area contributed by atoms with E-state index in [-0.39, 0.29) is 35.4 Å². The van der Waals surface area contributed by atoms with Crippen LogP contribution in [0.2, 0.25) is 10.0 Å². The van der Waals surface area contributed by atoms with E-state index in [0.717, 1.165) is 0 Å². The predicted molar refractivity (Wildman–Crippen MR) is 104 cm³/mol. The molecular formula is C17H15Cl2FN6O2. The smallest absolute Gasteiger partial charge is 0.220 e. The number of rotatable bonds is 7. The second kappa shape index (κ2) is 8.41. The van der Waals surface area contributed by atoms with E-state index in [9.17, 15) is 9.18 Å². The highest BCUT2D eigenvalue weighted by Gasteiger charge is 2.17. The Kier molecular flexibility index (Phi) is 5.96. The molecule has 3 N–H and O–H groups in total. The maximum Gasteiger partial charge on any atom is 0.220 e. The van der Waals surface area contributed by atoms with Gasteiger partial charge in [0.1, 0.15) is 5.82 Å². The van der Waals surface area contributed by atoms with Gasteiger partial charge in [0.05, 0.1) is 29.2 Å². The Morgan fingerprint density at radius 2 is 2.14 bits per heavy atom. The first-order valence-corrected chi connectivity index (χ1v) is 8.80. The molecular weight excluding hydrogens is 410 g/mol. The molecule has 0 aliphatic rings. The van der Waals surface area contributed by atoms with Crippen molar-refractivity contribution >= 4 is 46.9 Å². The van der Waals surface area contributed by atoms with E-state index >= 15 is 0 Å². The summed E-state index contributed by atoms with van der Waals surface area (Å²) >= 11 is 12.0. The Morgan fingerprint density at radius 1 is 1.36 bits per heavy atom. The number of aryl methyl sites for hydroxylation is 1. The van der Waals surface area contributed by atoms with E-state index in [0.29, 0.717) is 28.4 Å². The average Bonchev–Trinajstić information content (AvgIpc) is 3.10. The minimum Gasteiger partial charge on any atom is -0.489 e. The van der Waals surface area contributed by atoms with E-state index < -0.39 is 5.82 Å². The second-order valence-electron chi connectivity index (χ2n) is 5.73. The number of hydrogen-bond donors (Lipinski definition) is 2. The van der Waals surface area contributed by atoms with Gasteiger partial charge in [-0.2, -0.15) is 5.10 Å². The number of H-pyrrole nitrogens is 1. The van der Waals surface area contributed by atoms with Gasteiger partial charge in [0.15, 0.2) is 17.4 Å². The van der Waals surface area contributed by atoms with Crippen LogP contribution in [-0.2, 0) is 11.2 Å². The van der Waals surface area contributed by atoms with Crippen molar-refractivity contribution in [3.05, 3.63) is 51.5 Å². The number of nitrogens with one attached hydrogen (secondary N) is 1. The summed E-state index contributed by atoms with van der Waals surface area (Å²) in [5, 5.41) is 14.6. The number of hydrogen-bond acceptors (Lipinski definition) is 6. The van der Waals surface area contributed by atoms with Crippen LogP contribution in [0.15, 0.2) is 24.4 Å². The largest absolute Gasteiger partial charge is 0.489 e. The Morgan fingerprint density at radius 3 is 2.82 bits per heavy atom. The van der Waals surface area contributed by atoms with Crippen molar-refractivity contribution in [3.63, 3.8) is 0 Å². The van der Waals surface area contributed by atoms with Crippen molar-refractivity contribution in [3.8, 4) is 5.75 Å². The predicted octanol–water partition coefficient (Wildman–Crippen LogP) is 3.45. The van der Waals surface area contributed by atoms with Gasteiger partial charge in [0.2, 0.25) is 6.41 Å². The molecule has 0 spiro atoms. The molecule has 146 valence electrons. The third kappa shape index (κ3) is 4.00. The van der Waals surface area contributed by atoms with Crippen molar-refractivity contribution in [2.24, 2.45) is 0 Å². The molecule has 0 unspecified atom stereocenters. The number of nitrogens with two attached hydrogens (primary N) is 1. The van der Waals surface area contributed by atoms with Gasteiger partial charge in [-0.1, -0.05) is 23.2 Å². The zero-order valence-electron chi connectivity index (χ0n) is 14.6. The molecule has 0 fully saturated rings.